The molecule has 1 aromatic rings. The van der Waals surface area contributed by atoms with Gasteiger partial charge in [-0.25, -0.2) is 18.1 Å². The zero-order valence-corrected chi connectivity index (χ0v) is 11.9. The highest BCUT2D eigenvalue weighted by Gasteiger charge is 2.27. The summed E-state index contributed by atoms with van der Waals surface area (Å²) in [7, 11) is -3.50. The van der Waals surface area contributed by atoms with Crippen molar-refractivity contribution in [1.82, 2.24) is 14.3 Å². The zero-order chi connectivity index (χ0) is 13.2. The van der Waals surface area contributed by atoms with E-state index >= 15 is 0 Å². The van der Waals surface area contributed by atoms with Gasteiger partial charge in [0.2, 0.25) is 0 Å². The van der Waals surface area contributed by atoms with E-state index < -0.39 is 10.0 Å². The van der Waals surface area contributed by atoms with Crippen molar-refractivity contribution >= 4 is 21.6 Å². The molecule has 2 unspecified atom stereocenters. The minimum Gasteiger partial charge on any atom is -0.336 e. The van der Waals surface area contributed by atoms with E-state index in [-0.39, 0.29) is 16.3 Å². The van der Waals surface area contributed by atoms with Gasteiger partial charge in [0, 0.05) is 24.7 Å². The summed E-state index contributed by atoms with van der Waals surface area (Å²) in [5, 5.41) is 0.161. The number of nitrogens with zero attached hydrogens (tertiary/aromatic N) is 2. The maximum atomic E-state index is 12.0. The maximum absolute atomic E-state index is 12.0. The molecule has 18 heavy (non-hydrogen) atoms. The van der Waals surface area contributed by atoms with Crippen molar-refractivity contribution < 1.29 is 8.42 Å². The molecule has 0 aliphatic heterocycles. The van der Waals surface area contributed by atoms with Crippen molar-refractivity contribution in [2.24, 2.45) is 5.92 Å². The zero-order valence-electron chi connectivity index (χ0n) is 10.3. The molecule has 0 radical (unpaired) electrons. The number of halogens is 1. The summed E-state index contributed by atoms with van der Waals surface area (Å²) in [4.78, 5) is 3.90. The first kappa shape index (κ1) is 13.8. The standard InChI is InChI=1S/C11H18ClN3O2S/c1-2-15-7-11(13-8-15)18(16,17)14-6-9-4-3-5-10(9)12/h7-10,14H,2-6H2,1H3. The Bertz CT molecular complexity index is 500. The summed E-state index contributed by atoms with van der Waals surface area (Å²) in [6.07, 6.45) is 6.09. The molecule has 1 aliphatic carbocycles. The first-order valence-electron chi connectivity index (χ1n) is 6.18. The van der Waals surface area contributed by atoms with Crippen molar-refractivity contribution in [3.05, 3.63) is 12.5 Å². The van der Waals surface area contributed by atoms with Crippen molar-refractivity contribution in [2.45, 2.75) is 43.1 Å². The molecule has 1 heterocycles. The van der Waals surface area contributed by atoms with Gasteiger partial charge in [-0.3, -0.25) is 0 Å². The quantitative estimate of drug-likeness (QED) is 0.838. The van der Waals surface area contributed by atoms with E-state index in [4.69, 9.17) is 11.6 Å². The summed E-state index contributed by atoms with van der Waals surface area (Å²) < 4.78 is 28.3. The lowest BCUT2D eigenvalue weighted by atomic mass is 10.1. The molecule has 2 atom stereocenters. The number of imidazole rings is 1. The van der Waals surface area contributed by atoms with Gasteiger partial charge in [-0.05, 0) is 25.7 Å². The van der Waals surface area contributed by atoms with E-state index in [1.807, 2.05) is 6.92 Å². The highest BCUT2D eigenvalue weighted by molar-refractivity contribution is 7.89. The Labute approximate surface area is 113 Å². The van der Waals surface area contributed by atoms with Crippen LogP contribution < -0.4 is 4.72 Å². The summed E-state index contributed by atoms with van der Waals surface area (Å²) in [6.45, 7) is 3.03. The molecular weight excluding hydrogens is 274 g/mol. The van der Waals surface area contributed by atoms with Gasteiger partial charge in [0.15, 0.2) is 5.03 Å². The number of hydrogen-bond donors (Lipinski definition) is 1. The van der Waals surface area contributed by atoms with Crippen LogP contribution in [0.3, 0.4) is 0 Å². The first-order chi connectivity index (χ1) is 8.53. The van der Waals surface area contributed by atoms with Crippen molar-refractivity contribution in [3.63, 3.8) is 0 Å². The average Bonchev–Trinajstić information content (AvgIpc) is 2.95. The lowest BCUT2D eigenvalue weighted by Crippen LogP contribution is -2.31. The number of alkyl halides is 1. The molecule has 2 rings (SSSR count). The highest BCUT2D eigenvalue weighted by atomic mass is 35.5. The first-order valence-corrected chi connectivity index (χ1v) is 8.10. The van der Waals surface area contributed by atoms with E-state index in [0.717, 1.165) is 19.3 Å². The predicted octanol–water partition coefficient (Wildman–Crippen LogP) is 1.59. The Hall–Kier alpha value is -0.590. The molecule has 1 aromatic heterocycles. The molecule has 0 bridgehead atoms. The fourth-order valence-electron chi connectivity index (χ4n) is 2.16. The van der Waals surface area contributed by atoms with E-state index in [0.29, 0.717) is 13.1 Å². The monoisotopic (exact) mass is 291 g/mol. The van der Waals surface area contributed by atoms with Gasteiger partial charge in [-0.2, -0.15) is 0 Å². The summed E-state index contributed by atoms with van der Waals surface area (Å²) >= 11 is 6.13. The van der Waals surface area contributed by atoms with Crippen LogP contribution in [0.1, 0.15) is 26.2 Å². The van der Waals surface area contributed by atoms with Crippen molar-refractivity contribution in [3.8, 4) is 0 Å². The summed E-state index contributed by atoms with van der Waals surface area (Å²) in [6, 6.07) is 0. The van der Waals surface area contributed by atoms with Crippen LogP contribution in [-0.4, -0.2) is 29.9 Å². The van der Waals surface area contributed by atoms with Gasteiger partial charge in [0.1, 0.15) is 0 Å². The fourth-order valence-corrected chi connectivity index (χ4v) is 3.57. The van der Waals surface area contributed by atoms with Crippen molar-refractivity contribution in [2.75, 3.05) is 6.54 Å². The van der Waals surface area contributed by atoms with Gasteiger partial charge in [0.05, 0.1) is 6.33 Å². The predicted molar refractivity (Wildman–Crippen MR) is 70.1 cm³/mol. The molecule has 1 saturated carbocycles. The number of hydrogen-bond acceptors (Lipinski definition) is 3. The van der Waals surface area contributed by atoms with Crippen LogP contribution in [0.2, 0.25) is 0 Å². The van der Waals surface area contributed by atoms with E-state index in [9.17, 15) is 8.42 Å². The van der Waals surface area contributed by atoms with Gasteiger partial charge in [-0.1, -0.05) is 6.42 Å². The van der Waals surface area contributed by atoms with Gasteiger partial charge < -0.3 is 4.57 Å². The lowest BCUT2D eigenvalue weighted by molar-refractivity contribution is 0.522. The lowest BCUT2D eigenvalue weighted by Gasteiger charge is -2.13. The maximum Gasteiger partial charge on any atom is 0.259 e. The van der Waals surface area contributed by atoms with Crippen LogP contribution in [0.4, 0.5) is 0 Å². The van der Waals surface area contributed by atoms with Crippen LogP contribution in [0.25, 0.3) is 0 Å². The number of nitrogens with one attached hydrogen (secondary N) is 1. The molecule has 1 fully saturated rings. The molecule has 5 nitrogen and oxygen atoms in total. The molecule has 1 aliphatic rings. The number of aromatic nitrogens is 2. The van der Waals surface area contributed by atoms with Crippen molar-refractivity contribution in [1.29, 1.82) is 0 Å². The highest BCUT2D eigenvalue weighted by Crippen LogP contribution is 2.29. The summed E-state index contributed by atoms with van der Waals surface area (Å²) in [5.74, 6) is 0.231. The molecule has 1 N–H and O–H groups in total. The number of sulfonamides is 1. The third-order valence-corrected chi connectivity index (χ3v) is 5.23. The van der Waals surface area contributed by atoms with E-state index in [1.54, 1.807) is 4.57 Å². The van der Waals surface area contributed by atoms with Crippen LogP contribution >= 0.6 is 11.6 Å². The fraction of sp³-hybridized carbons (Fsp3) is 0.727. The molecule has 0 amide bonds. The molecule has 7 heteroatoms. The molecule has 0 saturated heterocycles. The average molecular weight is 292 g/mol. The smallest absolute Gasteiger partial charge is 0.259 e. The third kappa shape index (κ3) is 3.05. The second-order valence-electron chi connectivity index (χ2n) is 4.60. The second kappa shape index (κ2) is 5.59. The minimum atomic E-state index is -3.50. The van der Waals surface area contributed by atoms with Gasteiger partial charge in [-0.15, -0.1) is 11.6 Å². The van der Waals surface area contributed by atoms with Crippen LogP contribution in [-0.2, 0) is 16.6 Å². The molecule has 102 valence electrons. The van der Waals surface area contributed by atoms with Gasteiger partial charge >= 0.3 is 0 Å². The van der Waals surface area contributed by atoms with Crippen LogP contribution in [0.5, 0.6) is 0 Å². The third-order valence-electron chi connectivity index (χ3n) is 3.35. The molecule has 0 aromatic carbocycles. The largest absolute Gasteiger partial charge is 0.336 e. The van der Waals surface area contributed by atoms with E-state index in [2.05, 4.69) is 9.71 Å². The van der Waals surface area contributed by atoms with Crippen LogP contribution in [0.15, 0.2) is 17.6 Å². The Morgan fingerprint density at radius 1 is 1.56 bits per heavy atom. The van der Waals surface area contributed by atoms with Gasteiger partial charge in [0.25, 0.3) is 10.0 Å². The Morgan fingerprint density at radius 2 is 2.33 bits per heavy atom. The Morgan fingerprint density at radius 3 is 2.89 bits per heavy atom. The van der Waals surface area contributed by atoms with Crippen LogP contribution in [0, 0.1) is 5.92 Å². The second-order valence-corrected chi connectivity index (χ2v) is 6.88. The van der Waals surface area contributed by atoms with E-state index in [1.165, 1.54) is 12.5 Å². The normalized spacial score (nSPS) is 24.6. The topological polar surface area (TPSA) is 64.0 Å². The summed E-state index contributed by atoms with van der Waals surface area (Å²) in [5.41, 5.74) is 0. The number of rotatable bonds is 5. The molecular formula is C11H18ClN3O2S. The number of aryl methyl sites for hydroxylation is 1. The molecule has 0 spiro atoms. The SMILES string of the molecule is CCn1cnc(S(=O)(=O)NCC2CCCC2Cl)c1. The minimum absolute atomic E-state index is 0.0773. The Kier molecular flexibility index (Phi) is 4.29. The Balaban J connectivity index is 1.98.